The second-order valence-electron chi connectivity index (χ2n) is 4.72. The average Bonchev–Trinajstić information content (AvgIpc) is 2.81. The molecule has 2 aromatic rings. The Morgan fingerprint density at radius 3 is 2.95 bits per heavy atom. The first-order chi connectivity index (χ1) is 9.16. The predicted molar refractivity (Wildman–Crippen MR) is 75.6 cm³/mol. The maximum Gasteiger partial charge on any atom is 0.216 e. The summed E-state index contributed by atoms with van der Waals surface area (Å²) < 4.78 is 0. The van der Waals surface area contributed by atoms with E-state index in [0.29, 0.717) is 6.54 Å². The molecule has 0 unspecified atom stereocenters. The van der Waals surface area contributed by atoms with Gasteiger partial charge in [0.05, 0.1) is 17.1 Å². The fourth-order valence-corrected chi connectivity index (χ4v) is 2.04. The summed E-state index contributed by atoms with van der Waals surface area (Å²) in [5.74, 6) is 0.849. The first-order valence-electron chi connectivity index (χ1n) is 6.61. The number of carbonyl (C=O) groups excluding carboxylic acids is 1. The first-order valence-corrected chi connectivity index (χ1v) is 6.61. The maximum atomic E-state index is 10.7. The van der Waals surface area contributed by atoms with Gasteiger partial charge in [-0.05, 0) is 31.4 Å². The summed E-state index contributed by atoms with van der Waals surface area (Å²) >= 11 is 0. The number of amides is 1. The minimum absolute atomic E-state index is 0.0154. The van der Waals surface area contributed by atoms with Gasteiger partial charge >= 0.3 is 0 Å². The van der Waals surface area contributed by atoms with Crippen molar-refractivity contribution in [1.82, 2.24) is 15.3 Å². The van der Waals surface area contributed by atoms with E-state index in [2.05, 4.69) is 15.3 Å². The monoisotopic (exact) mass is 260 g/mol. The number of unbranched alkanes of at least 4 members (excludes halogenated alkanes) is 1. The molecule has 5 nitrogen and oxygen atoms in total. The van der Waals surface area contributed by atoms with Crippen LogP contribution in [0, 0.1) is 0 Å². The number of rotatable bonds is 6. The van der Waals surface area contributed by atoms with Crippen LogP contribution in [0.2, 0.25) is 0 Å². The Hall–Kier alpha value is -1.88. The van der Waals surface area contributed by atoms with Crippen molar-refractivity contribution in [2.75, 3.05) is 6.54 Å². The molecule has 0 bridgehead atoms. The van der Waals surface area contributed by atoms with Crippen LogP contribution in [0.4, 0.5) is 0 Å². The highest BCUT2D eigenvalue weighted by atomic mass is 16.1. The number of nitrogens with zero attached hydrogens (tertiary/aromatic N) is 1. The van der Waals surface area contributed by atoms with Crippen LogP contribution >= 0.6 is 0 Å². The maximum absolute atomic E-state index is 10.7. The van der Waals surface area contributed by atoms with Gasteiger partial charge in [-0.25, -0.2) is 4.98 Å². The lowest BCUT2D eigenvalue weighted by atomic mass is 10.1. The molecule has 0 fully saturated rings. The summed E-state index contributed by atoms with van der Waals surface area (Å²) in [5.41, 5.74) is 8.09. The van der Waals surface area contributed by atoms with Gasteiger partial charge in [-0.3, -0.25) is 4.79 Å². The Labute approximate surface area is 112 Å². The van der Waals surface area contributed by atoms with Crippen molar-refractivity contribution in [3.05, 3.63) is 30.1 Å². The Balaban J connectivity index is 1.82. The van der Waals surface area contributed by atoms with Gasteiger partial charge in [-0.15, -0.1) is 0 Å². The summed E-state index contributed by atoms with van der Waals surface area (Å²) in [7, 11) is 0. The number of hydrogen-bond donors (Lipinski definition) is 3. The zero-order valence-corrected chi connectivity index (χ0v) is 11.1. The Bertz CT molecular complexity index is 516. The summed E-state index contributed by atoms with van der Waals surface area (Å²) in [6.07, 6.45) is 2.77. The third-order valence-corrected chi connectivity index (χ3v) is 3.07. The van der Waals surface area contributed by atoms with Gasteiger partial charge in [0.15, 0.2) is 0 Å². The van der Waals surface area contributed by atoms with Crippen LogP contribution in [0.5, 0.6) is 0 Å². The lowest BCUT2D eigenvalue weighted by molar-refractivity contribution is -0.118. The molecule has 0 saturated heterocycles. The van der Waals surface area contributed by atoms with Crippen molar-refractivity contribution in [3.8, 4) is 0 Å². The van der Waals surface area contributed by atoms with Crippen LogP contribution < -0.4 is 11.1 Å². The molecule has 1 aromatic carbocycles. The quantitative estimate of drug-likeness (QED) is 0.693. The second-order valence-corrected chi connectivity index (χ2v) is 4.72. The Morgan fingerprint density at radius 1 is 1.42 bits per heavy atom. The zero-order valence-electron chi connectivity index (χ0n) is 11.1. The molecule has 1 atom stereocenters. The lowest BCUT2D eigenvalue weighted by Gasteiger charge is -2.08. The van der Waals surface area contributed by atoms with Crippen molar-refractivity contribution in [2.24, 2.45) is 5.73 Å². The number of carbonyl (C=O) groups is 1. The van der Waals surface area contributed by atoms with Crippen molar-refractivity contribution in [2.45, 2.75) is 32.2 Å². The third-order valence-electron chi connectivity index (χ3n) is 3.07. The Kier molecular flexibility index (Phi) is 4.52. The first kappa shape index (κ1) is 13.5. The van der Waals surface area contributed by atoms with Gasteiger partial charge in [0, 0.05) is 13.5 Å². The van der Waals surface area contributed by atoms with Crippen LogP contribution in [0.15, 0.2) is 24.3 Å². The molecule has 1 aromatic heterocycles. The highest BCUT2D eigenvalue weighted by Gasteiger charge is 2.10. The average molecular weight is 260 g/mol. The molecule has 2 rings (SSSR count). The minimum Gasteiger partial charge on any atom is -0.356 e. The normalized spacial score (nSPS) is 12.5. The van der Waals surface area contributed by atoms with Crippen molar-refractivity contribution in [3.63, 3.8) is 0 Å². The van der Waals surface area contributed by atoms with Crippen LogP contribution in [0.1, 0.15) is 38.1 Å². The number of aromatic amines is 1. The molecule has 0 radical (unpaired) electrons. The van der Waals surface area contributed by atoms with Crippen LogP contribution in [-0.2, 0) is 4.79 Å². The number of nitrogens with one attached hydrogen (secondary N) is 2. The summed E-state index contributed by atoms with van der Waals surface area (Å²) in [4.78, 5) is 18.4. The fraction of sp³-hybridized carbons (Fsp3) is 0.429. The smallest absolute Gasteiger partial charge is 0.216 e. The van der Waals surface area contributed by atoms with Gasteiger partial charge in [-0.2, -0.15) is 0 Å². The molecule has 0 aliphatic carbocycles. The molecular weight excluding hydrogens is 240 g/mol. The molecule has 19 heavy (non-hydrogen) atoms. The number of hydrogen-bond acceptors (Lipinski definition) is 3. The van der Waals surface area contributed by atoms with Crippen molar-refractivity contribution >= 4 is 16.9 Å². The van der Waals surface area contributed by atoms with E-state index in [1.807, 2.05) is 24.3 Å². The van der Waals surface area contributed by atoms with Gasteiger partial charge in [0.25, 0.3) is 0 Å². The fourth-order valence-electron chi connectivity index (χ4n) is 2.04. The van der Waals surface area contributed by atoms with E-state index < -0.39 is 0 Å². The van der Waals surface area contributed by atoms with E-state index in [-0.39, 0.29) is 11.9 Å². The molecule has 0 saturated carbocycles. The van der Waals surface area contributed by atoms with E-state index >= 15 is 0 Å². The highest BCUT2D eigenvalue weighted by molar-refractivity contribution is 5.74. The molecule has 1 amide bonds. The molecule has 1 heterocycles. The number of benzene rings is 1. The number of fused-ring (bicyclic) bond motifs is 1. The highest BCUT2D eigenvalue weighted by Crippen LogP contribution is 2.17. The number of H-pyrrole nitrogens is 1. The number of imidazole rings is 1. The Morgan fingerprint density at radius 2 is 2.21 bits per heavy atom. The number of nitrogens with two attached hydrogens (primary N) is 1. The molecule has 102 valence electrons. The van der Waals surface area contributed by atoms with E-state index in [4.69, 9.17) is 5.73 Å². The van der Waals surface area contributed by atoms with Gasteiger partial charge in [-0.1, -0.05) is 12.1 Å². The van der Waals surface area contributed by atoms with E-state index in [9.17, 15) is 4.79 Å². The van der Waals surface area contributed by atoms with Crippen LogP contribution in [0.25, 0.3) is 11.0 Å². The largest absolute Gasteiger partial charge is 0.356 e. The number of para-hydroxylation sites is 2. The van der Waals surface area contributed by atoms with Crippen LogP contribution in [0.3, 0.4) is 0 Å². The zero-order chi connectivity index (χ0) is 13.7. The topological polar surface area (TPSA) is 83.8 Å². The minimum atomic E-state index is -0.0790. The summed E-state index contributed by atoms with van der Waals surface area (Å²) in [5, 5.41) is 2.78. The van der Waals surface area contributed by atoms with Crippen molar-refractivity contribution < 1.29 is 4.79 Å². The summed E-state index contributed by atoms with van der Waals surface area (Å²) in [6.45, 7) is 2.24. The van der Waals surface area contributed by atoms with E-state index in [1.165, 1.54) is 6.92 Å². The standard InChI is InChI=1S/C14H20N4O/c1-10(19)16-9-5-4-6-11(15)14-17-12-7-2-3-8-13(12)18-14/h2-3,7-8,11H,4-6,9,15H2,1H3,(H,16,19)(H,17,18)/t11-/m0/s1. The van der Waals surface area contributed by atoms with Gasteiger partial charge in [0.1, 0.15) is 5.82 Å². The van der Waals surface area contributed by atoms with Crippen LogP contribution in [-0.4, -0.2) is 22.4 Å². The molecule has 4 N–H and O–H groups in total. The third kappa shape index (κ3) is 3.79. The molecule has 0 aliphatic rings. The predicted octanol–water partition coefficient (Wildman–Crippen LogP) is 1.87. The summed E-state index contributed by atoms with van der Waals surface area (Å²) in [6, 6.07) is 7.83. The van der Waals surface area contributed by atoms with Crippen molar-refractivity contribution in [1.29, 1.82) is 0 Å². The molecule has 0 aliphatic heterocycles. The van der Waals surface area contributed by atoms with Gasteiger partial charge < -0.3 is 16.0 Å². The van der Waals surface area contributed by atoms with Gasteiger partial charge in [0.2, 0.25) is 5.91 Å². The lowest BCUT2D eigenvalue weighted by Crippen LogP contribution is -2.21. The van der Waals surface area contributed by atoms with E-state index in [0.717, 1.165) is 36.1 Å². The molecular formula is C14H20N4O. The molecule has 0 spiro atoms. The second kappa shape index (κ2) is 6.33. The number of aromatic nitrogens is 2. The molecule has 5 heteroatoms. The van der Waals surface area contributed by atoms with E-state index in [1.54, 1.807) is 0 Å². The SMILES string of the molecule is CC(=O)NCCCC[C@H](N)c1nc2ccccc2[nH]1.